The summed E-state index contributed by atoms with van der Waals surface area (Å²) in [6, 6.07) is 1.12. The molecule has 2 heterocycles. The van der Waals surface area contributed by atoms with Crippen molar-refractivity contribution in [3.05, 3.63) is 22.8 Å². The Labute approximate surface area is 174 Å². The Morgan fingerprint density at radius 3 is 2.45 bits per heavy atom. The molecule has 3 rings (SSSR count). The van der Waals surface area contributed by atoms with Crippen LogP contribution in [0, 0.1) is 18.3 Å². The van der Waals surface area contributed by atoms with Gasteiger partial charge in [0.05, 0.1) is 17.1 Å². The number of alkyl halides is 3. The number of anilines is 1. The molecule has 1 aliphatic carbocycles. The summed E-state index contributed by atoms with van der Waals surface area (Å²) in [6.45, 7) is 1.36. The van der Waals surface area contributed by atoms with Crippen LogP contribution < -0.4 is 4.90 Å². The van der Waals surface area contributed by atoms with Crippen molar-refractivity contribution in [2.24, 2.45) is 5.92 Å². The summed E-state index contributed by atoms with van der Waals surface area (Å²) in [5, 5.41) is -0.0271. The molecule has 1 saturated carbocycles. The molecule has 29 heavy (non-hydrogen) atoms. The Bertz CT molecular complexity index is 763. The van der Waals surface area contributed by atoms with E-state index in [9.17, 15) is 18.0 Å². The molecule has 8 heteroatoms. The van der Waals surface area contributed by atoms with Gasteiger partial charge in [-0.15, -0.1) is 6.42 Å². The number of rotatable bonds is 4. The van der Waals surface area contributed by atoms with Gasteiger partial charge in [-0.25, -0.2) is 4.98 Å². The van der Waals surface area contributed by atoms with Gasteiger partial charge in [-0.05, 0) is 31.7 Å². The molecule has 0 radical (unpaired) electrons. The van der Waals surface area contributed by atoms with Gasteiger partial charge in [-0.3, -0.25) is 4.79 Å². The Morgan fingerprint density at radius 1 is 1.24 bits per heavy atom. The van der Waals surface area contributed by atoms with Crippen molar-refractivity contribution in [3.8, 4) is 12.3 Å². The molecule has 1 aliphatic heterocycles. The molecule has 1 saturated heterocycles. The number of carbonyl (C=O) groups excluding carboxylic acids is 1. The third-order valence-electron chi connectivity index (χ3n) is 5.85. The Hall–Kier alpha value is -1.94. The SMILES string of the molecule is C#CCN(C(=O)C1CCN(c2ncc(C(F)(F)F)cc2Cl)CC1)C1CCCCC1. The third kappa shape index (κ3) is 5.16. The van der Waals surface area contributed by atoms with Crippen molar-refractivity contribution in [2.75, 3.05) is 24.5 Å². The minimum Gasteiger partial charge on any atom is -0.355 e. The fourth-order valence-electron chi connectivity index (χ4n) is 4.27. The van der Waals surface area contributed by atoms with E-state index >= 15 is 0 Å². The summed E-state index contributed by atoms with van der Waals surface area (Å²) in [5.41, 5.74) is -0.867. The lowest BCUT2D eigenvalue weighted by Crippen LogP contribution is -2.47. The lowest BCUT2D eigenvalue weighted by atomic mass is 9.90. The quantitative estimate of drug-likeness (QED) is 0.650. The molecule has 158 valence electrons. The number of halogens is 4. The van der Waals surface area contributed by atoms with Crippen LogP contribution in [0.15, 0.2) is 12.3 Å². The highest BCUT2D eigenvalue weighted by Crippen LogP contribution is 2.35. The molecule has 0 spiro atoms. The highest BCUT2D eigenvalue weighted by atomic mass is 35.5. The maximum absolute atomic E-state index is 13.1. The molecule has 0 N–H and O–H groups in total. The van der Waals surface area contributed by atoms with Crippen molar-refractivity contribution in [1.29, 1.82) is 0 Å². The lowest BCUT2D eigenvalue weighted by Gasteiger charge is -2.38. The summed E-state index contributed by atoms with van der Waals surface area (Å²) < 4.78 is 38.4. The van der Waals surface area contributed by atoms with Crippen LogP contribution in [0.5, 0.6) is 0 Å². The smallest absolute Gasteiger partial charge is 0.355 e. The van der Waals surface area contributed by atoms with E-state index in [0.717, 1.165) is 37.9 Å². The molecule has 1 aromatic heterocycles. The van der Waals surface area contributed by atoms with E-state index in [-0.39, 0.29) is 22.9 Å². The monoisotopic (exact) mass is 427 g/mol. The van der Waals surface area contributed by atoms with Crippen molar-refractivity contribution >= 4 is 23.3 Å². The van der Waals surface area contributed by atoms with Crippen LogP contribution in [-0.4, -0.2) is 41.5 Å². The molecule has 0 atom stereocenters. The van der Waals surface area contributed by atoms with E-state index in [0.29, 0.717) is 38.3 Å². The first-order valence-electron chi connectivity index (χ1n) is 10.0. The van der Waals surface area contributed by atoms with E-state index in [2.05, 4.69) is 10.9 Å². The number of terminal acetylenes is 1. The second kappa shape index (κ2) is 9.25. The minimum absolute atomic E-state index is 0.0271. The van der Waals surface area contributed by atoms with Crippen LogP contribution in [0.3, 0.4) is 0 Å². The number of hydrogen-bond acceptors (Lipinski definition) is 3. The van der Waals surface area contributed by atoms with Crippen LogP contribution in [0.2, 0.25) is 5.02 Å². The highest BCUT2D eigenvalue weighted by molar-refractivity contribution is 6.33. The standard InChI is InChI=1S/C21H25ClF3N3O/c1-2-10-28(17-6-4-3-5-7-17)20(29)15-8-11-27(12-9-15)19-18(22)13-16(14-26-19)21(23,24)25/h1,13-15,17H,3-12H2. The van der Waals surface area contributed by atoms with Crippen molar-refractivity contribution in [2.45, 2.75) is 57.2 Å². The summed E-state index contributed by atoms with van der Waals surface area (Å²) in [6.07, 6.45) is 8.47. The maximum atomic E-state index is 13.1. The molecule has 0 aromatic carbocycles. The van der Waals surface area contributed by atoms with Crippen LogP contribution in [0.25, 0.3) is 0 Å². The van der Waals surface area contributed by atoms with Crippen molar-refractivity contribution < 1.29 is 18.0 Å². The van der Waals surface area contributed by atoms with Gasteiger partial charge in [-0.2, -0.15) is 13.2 Å². The lowest BCUT2D eigenvalue weighted by molar-refractivity contribution is -0.139. The van der Waals surface area contributed by atoms with E-state index in [1.807, 2.05) is 9.80 Å². The summed E-state index contributed by atoms with van der Waals surface area (Å²) >= 11 is 6.06. The maximum Gasteiger partial charge on any atom is 0.417 e. The number of amides is 1. The molecule has 2 fully saturated rings. The minimum atomic E-state index is -4.48. The first-order valence-corrected chi connectivity index (χ1v) is 10.4. The Kier molecular flexibility index (Phi) is 6.94. The number of pyridine rings is 1. The normalized spacial score (nSPS) is 19.1. The van der Waals surface area contributed by atoms with Gasteiger partial charge in [0.25, 0.3) is 0 Å². The predicted octanol–water partition coefficient (Wildman–Crippen LogP) is 4.76. The average molecular weight is 428 g/mol. The topological polar surface area (TPSA) is 36.4 Å². The summed E-state index contributed by atoms with van der Waals surface area (Å²) in [7, 11) is 0. The molecular weight excluding hydrogens is 403 g/mol. The van der Waals surface area contributed by atoms with Gasteiger partial charge in [0.15, 0.2) is 0 Å². The zero-order valence-corrected chi connectivity index (χ0v) is 17.0. The molecular formula is C21H25ClF3N3O. The average Bonchev–Trinajstić information content (AvgIpc) is 2.71. The summed E-state index contributed by atoms with van der Waals surface area (Å²) in [4.78, 5) is 20.7. The fourth-order valence-corrected chi connectivity index (χ4v) is 4.56. The second-order valence-corrected chi connectivity index (χ2v) is 8.16. The summed E-state index contributed by atoms with van der Waals surface area (Å²) in [5.74, 6) is 2.92. The third-order valence-corrected chi connectivity index (χ3v) is 6.13. The highest BCUT2D eigenvalue weighted by Gasteiger charge is 2.34. The molecule has 1 amide bonds. The van der Waals surface area contributed by atoms with Gasteiger partial charge in [-0.1, -0.05) is 36.8 Å². The van der Waals surface area contributed by atoms with Crippen molar-refractivity contribution in [1.82, 2.24) is 9.88 Å². The van der Waals surface area contributed by atoms with Gasteiger partial charge in [0.2, 0.25) is 5.91 Å². The largest absolute Gasteiger partial charge is 0.417 e. The van der Waals surface area contributed by atoms with E-state index in [4.69, 9.17) is 18.0 Å². The molecule has 1 aromatic rings. The second-order valence-electron chi connectivity index (χ2n) is 7.75. The molecule has 0 unspecified atom stereocenters. The fraction of sp³-hybridized carbons (Fsp3) is 0.619. The first-order chi connectivity index (χ1) is 13.8. The number of nitrogens with zero attached hydrogens (tertiary/aromatic N) is 3. The number of hydrogen-bond donors (Lipinski definition) is 0. The van der Waals surface area contributed by atoms with Crippen LogP contribution in [0.1, 0.15) is 50.5 Å². The Balaban J connectivity index is 1.63. The van der Waals surface area contributed by atoms with Gasteiger partial charge < -0.3 is 9.80 Å². The predicted molar refractivity (Wildman–Crippen MR) is 107 cm³/mol. The van der Waals surface area contributed by atoms with Crippen LogP contribution >= 0.6 is 11.6 Å². The molecule has 2 aliphatic rings. The zero-order chi connectivity index (χ0) is 21.0. The van der Waals surface area contributed by atoms with E-state index in [1.165, 1.54) is 6.42 Å². The molecule has 0 bridgehead atoms. The van der Waals surface area contributed by atoms with E-state index < -0.39 is 11.7 Å². The molecule has 4 nitrogen and oxygen atoms in total. The van der Waals surface area contributed by atoms with Crippen LogP contribution in [0.4, 0.5) is 19.0 Å². The van der Waals surface area contributed by atoms with Gasteiger partial charge in [0, 0.05) is 31.2 Å². The van der Waals surface area contributed by atoms with Gasteiger partial charge >= 0.3 is 6.18 Å². The van der Waals surface area contributed by atoms with E-state index in [1.54, 1.807) is 0 Å². The first kappa shape index (κ1) is 21.8. The van der Waals surface area contributed by atoms with Crippen molar-refractivity contribution in [3.63, 3.8) is 0 Å². The Morgan fingerprint density at radius 2 is 1.90 bits per heavy atom. The number of carbonyl (C=O) groups is 1. The van der Waals surface area contributed by atoms with Crippen LogP contribution in [-0.2, 0) is 11.0 Å². The van der Waals surface area contributed by atoms with Gasteiger partial charge in [0.1, 0.15) is 5.82 Å². The number of aromatic nitrogens is 1. The zero-order valence-electron chi connectivity index (χ0n) is 16.2. The number of piperidine rings is 1.